The maximum absolute atomic E-state index is 9.76. The molecule has 0 aliphatic carbocycles. The Morgan fingerprint density at radius 2 is 2.03 bits per heavy atom. The normalized spacial score (nSPS) is 15.4. The maximum Gasteiger partial charge on any atom is 0.164 e. The number of morpholine rings is 1. The average Bonchev–Trinajstić information content (AvgIpc) is 3.44. The first-order valence-electron chi connectivity index (χ1n) is 10.5. The van der Waals surface area contributed by atoms with Crippen molar-refractivity contribution in [1.29, 1.82) is 0 Å². The molecule has 0 spiro atoms. The lowest BCUT2D eigenvalue weighted by molar-refractivity contribution is 0.0422. The third-order valence-electron chi connectivity index (χ3n) is 5.65. The Kier molecular flexibility index (Phi) is 5.56. The minimum absolute atomic E-state index is 0.213. The summed E-state index contributed by atoms with van der Waals surface area (Å²) in [6.07, 6.45) is 4.89. The molecule has 1 aliphatic rings. The summed E-state index contributed by atoms with van der Waals surface area (Å²) < 4.78 is 12.7. The number of aryl methyl sites for hydroxylation is 1. The molecule has 4 aromatic heterocycles. The monoisotopic (exact) mass is 435 g/mol. The van der Waals surface area contributed by atoms with Crippen LogP contribution in [0.2, 0.25) is 0 Å². The SMILES string of the molecule is COC(CO)c1nc(N2CCOCC2)cc(-n2nc(-c3c[nH]c4cnccc34)cc2C)n1. The number of methoxy groups -OCH3 is 1. The first kappa shape index (κ1) is 20.6. The number of ether oxygens (including phenoxy) is 2. The Hall–Kier alpha value is -3.34. The molecule has 4 aromatic rings. The molecule has 0 radical (unpaired) electrons. The average molecular weight is 435 g/mol. The van der Waals surface area contributed by atoms with Gasteiger partial charge in [-0.25, -0.2) is 14.6 Å². The van der Waals surface area contributed by atoms with Crippen LogP contribution in [0.15, 0.2) is 36.8 Å². The fraction of sp³-hybridized carbons (Fsp3) is 0.364. The number of aromatic nitrogens is 6. The number of nitrogens with one attached hydrogen (secondary N) is 1. The third-order valence-corrected chi connectivity index (χ3v) is 5.65. The molecule has 10 heteroatoms. The number of H-pyrrole nitrogens is 1. The number of aliphatic hydroxyl groups is 1. The summed E-state index contributed by atoms with van der Waals surface area (Å²) in [4.78, 5) is 18.9. The van der Waals surface area contributed by atoms with Crippen molar-refractivity contribution in [2.75, 3.05) is 44.9 Å². The van der Waals surface area contributed by atoms with Gasteiger partial charge in [0, 0.05) is 55.3 Å². The number of aromatic amines is 1. The second-order valence-corrected chi connectivity index (χ2v) is 7.66. The fourth-order valence-electron chi connectivity index (χ4n) is 3.93. The van der Waals surface area contributed by atoms with Crippen LogP contribution in [0.5, 0.6) is 0 Å². The summed E-state index contributed by atoms with van der Waals surface area (Å²) in [5.41, 5.74) is 3.72. The van der Waals surface area contributed by atoms with Crippen LogP contribution >= 0.6 is 0 Å². The van der Waals surface area contributed by atoms with Gasteiger partial charge in [-0.05, 0) is 19.1 Å². The summed E-state index contributed by atoms with van der Waals surface area (Å²) in [5, 5.41) is 15.7. The molecule has 166 valence electrons. The highest BCUT2D eigenvalue weighted by Crippen LogP contribution is 2.29. The summed E-state index contributed by atoms with van der Waals surface area (Å²) in [7, 11) is 1.54. The second kappa shape index (κ2) is 8.65. The topological polar surface area (TPSA) is 114 Å². The Morgan fingerprint density at radius 1 is 1.22 bits per heavy atom. The number of rotatable bonds is 6. The van der Waals surface area contributed by atoms with Gasteiger partial charge in [0.2, 0.25) is 0 Å². The van der Waals surface area contributed by atoms with Crippen molar-refractivity contribution in [2.24, 2.45) is 0 Å². The smallest absolute Gasteiger partial charge is 0.164 e. The highest BCUT2D eigenvalue weighted by Gasteiger charge is 2.21. The van der Waals surface area contributed by atoms with Crippen LogP contribution in [0.4, 0.5) is 5.82 Å². The van der Waals surface area contributed by atoms with Crippen LogP contribution in [0.3, 0.4) is 0 Å². The second-order valence-electron chi connectivity index (χ2n) is 7.66. The van der Waals surface area contributed by atoms with E-state index < -0.39 is 6.10 Å². The molecule has 1 unspecified atom stereocenters. The first-order valence-corrected chi connectivity index (χ1v) is 10.5. The van der Waals surface area contributed by atoms with Crippen molar-refractivity contribution in [3.8, 4) is 17.1 Å². The molecule has 0 aromatic carbocycles. The molecule has 5 heterocycles. The Labute approximate surface area is 184 Å². The van der Waals surface area contributed by atoms with Crippen LogP contribution in [-0.2, 0) is 9.47 Å². The molecule has 5 rings (SSSR count). The number of fused-ring (bicyclic) bond motifs is 1. The van der Waals surface area contributed by atoms with E-state index in [1.165, 1.54) is 7.11 Å². The van der Waals surface area contributed by atoms with Gasteiger partial charge in [-0.1, -0.05) is 0 Å². The standard InChI is InChI=1S/C22H25N7O3/c1-14-9-17(16-11-24-18-12-23-4-3-15(16)18)27-29(14)21-10-20(28-5-7-32-8-6-28)25-22(26-21)19(13-30)31-2/h3-4,9-12,19,24,30H,5-8,13H2,1-2H3. The van der Waals surface area contributed by atoms with E-state index in [9.17, 15) is 5.11 Å². The van der Waals surface area contributed by atoms with Crippen molar-refractivity contribution in [3.63, 3.8) is 0 Å². The van der Waals surface area contributed by atoms with Crippen molar-refractivity contribution < 1.29 is 14.6 Å². The van der Waals surface area contributed by atoms with E-state index in [1.807, 2.05) is 31.3 Å². The summed E-state index contributed by atoms with van der Waals surface area (Å²) in [6.45, 7) is 4.53. The Balaban J connectivity index is 1.60. The van der Waals surface area contributed by atoms with Gasteiger partial charge in [-0.15, -0.1) is 0 Å². The molecule has 1 aliphatic heterocycles. The highest BCUT2D eigenvalue weighted by atomic mass is 16.5. The molecule has 0 amide bonds. The molecular formula is C22H25N7O3. The zero-order chi connectivity index (χ0) is 22.1. The minimum Gasteiger partial charge on any atom is -0.393 e. The lowest BCUT2D eigenvalue weighted by atomic mass is 10.1. The van der Waals surface area contributed by atoms with Gasteiger partial charge in [0.05, 0.1) is 37.2 Å². The first-order chi connectivity index (χ1) is 15.7. The molecule has 0 bridgehead atoms. The van der Waals surface area contributed by atoms with Gasteiger partial charge in [0.15, 0.2) is 11.6 Å². The third kappa shape index (κ3) is 3.72. The predicted octanol–water partition coefficient (Wildman–Crippen LogP) is 2.03. The maximum atomic E-state index is 9.76. The van der Waals surface area contributed by atoms with Gasteiger partial charge < -0.3 is 24.5 Å². The summed E-state index contributed by atoms with van der Waals surface area (Å²) >= 11 is 0. The lowest BCUT2D eigenvalue weighted by Gasteiger charge is -2.28. The molecular weight excluding hydrogens is 410 g/mol. The number of hydrogen-bond acceptors (Lipinski definition) is 8. The van der Waals surface area contributed by atoms with Gasteiger partial charge in [-0.2, -0.15) is 5.10 Å². The van der Waals surface area contributed by atoms with E-state index in [1.54, 1.807) is 17.1 Å². The van der Waals surface area contributed by atoms with Crippen molar-refractivity contribution >= 4 is 16.7 Å². The van der Waals surface area contributed by atoms with E-state index in [-0.39, 0.29) is 6.61 Å². The van der Waals surface area contributed by atoms with Crippen molar-refractivity contribution in [2.45, 2.75) is 13.0 Å². The minimum atomic E-state index is -0.619. The van der Waals surface area contributed by atoms with Gasteiger partial charge in [0.25, 0.3) is 0 Å². The van der Waals surface area contributed by atoms with Gasteiger partial charge in [0.1, 0.15) is 11.9 Å². The van der Waals surface area contributed by atoms with E-state index >= 15 is 0 Å². The van der Waals surface area contributed by atoms with Gasteiger partial charge in [-0.3, -0.25) is 4.98 Å². The van der Waals surface area contributed by atoms with Crippen LogP contribution in [0.1, 0.15) is 17.6 Å². The quantitative estimate of drug-likeness (QED) is 0.473. The van der Waals surface area contributed by atoms with E-state index in [0.29, 0.717) is 24.9 Å². The number of hydrogen-bond donors (Lipinski definition) is 2. The molecule has 1 fully saturated rings. The molecule has 0 saturated carbocycles. The molecule has 32 heavy (non-hydrogen) atoms. The zero-order valence-corrected chi connectivity index (χ0v) is 18.0. The fourth-order valence-corrected chi connectivity index (χ4v) is 3.93. The largest absolute Gasteiger partial charge is 0.393 e. The van der Waals surface area contributed by atoms with Crippen molar-refractivity contribution in [1.82, 2.24) is 29.7 Å². The van der Waals surface area contributed by atoms with E-state index in [2.05, 4.69) is 24.8 Å². The number of anilines is 1. The molecule has 10 nitrogen and oxygen atoms in total. The zero-order valence-electron chi connectivity index (χ0n) is 18.0. The number of nitrogens with zero attached hydrogens (tertiary/aromatic N) is 6. The summed E-state index contributed by atoms with van der Waals surface area (Å²) in [5.74, 6) is 1.80. The van der Waals surface area contributed by atoms with E-state index in [0.717, 1.165) is 46.8 Å². The number of aliphatic hydroxyl groups excluding tert-OH is 1. The van der Waals surface area contributed by atoms with Crippen LogP contribution in [-0.4, -0.2) is 74.8 Å². The van der Waals surface area contributed by atoms with Crippen molar-refractivity contribution in [3.05, 3.63) is 48.3 Å². The highest BCUT2D eigenvalue weighted by molar-refractivity contribution is 5.94. The molecule has 1 saturated heterocycles. The Bertz CT molecular complexity index is 1230. The van der Waals surface area contributed by atoms with E-state index in [4.69, 9.17) is 14.6 Å². The predicted molar refractivity (Wildman–Crippen MR) is 119 cm³/mol. The van der Waals surface area contributed by atoms with Crippen LogP contribution in [0, 0.1) is 6.92 Å². The molecule has 2 N–H and O–H groups in total. The van der Waals surface area contributed by atoms with Gasteiger partial charge >= 0.3 is 0 Å². The number of pyridine rings is 1. The lowest BCUT2D eigenvalue weighted by Crippen LogP contribution is -2.37. The summed E-state index contributed by atoms with van der Waals surface area (Å²) in [6, 6.07) is 5.92. The van der Waals surface area contributed by atoms with Crippen LogP contribution < -0.4 is 4.90 Å². The Morgan fingerprint density at radius 3 is 2.81 bits per heavy atom. The van der Waals surface area contributed by atoms with Crippen LogP contribution in [0.25, 0.3) is 28.0 Å². The molecule has 1 atom stereocenters.